The first-order chi connectivity index (χ1) is 8.78. The molecule has 0 heterocycles. The molecule has 3 N–H and O–H groups in total. The average molecular weight is 253 g/mol. The Labute approximate surface area is 109 Å². The number of aliphatic hydroxyl groups is 2. The van der Waals surface area contributed by atoms with Gasteiger partial charge in [-0.2, -0.15) is 0 Å². The number of hydrogen-bond donors (Lipinski definition) is 3. The molecule has 0 unspecified atom stereocenters. The normalized spacial score (nSPS) is 9.78. The highest BCUT2D eigenvalue weighted by Crippen LogP contribution is 2.02. The quantitative estimate of drug-likeness (QED) is 0.496. The first kappa shape index (κ1) is 16.8. The summed E-state index contributed by atoms with van der Waals surface area (Å²) in [7, 11) is 1.69. The van der Waals surface area contributed by atoms with Gasteiger partial charge in [-0.3, -0.25) is 0 Å². The van der Waals surface area contributed by atoms with Crippen LogP contribution in [0.4, 0.5) is 0 Å². The van der Waals surface area contributed by atoms with Gasteiger partial charge in [0, 0.05) is 6.42 Å². The van der Waals surface area contributed by atoms with E-state index in [0.29, 0.717) is 6.42 Å². The van der Waals surface area contributed by atoms with E-state index >= 15 is 0 Å². The van der Waals surface area contributed by atoms with Crippen molar-refractivity contribution in [3.8, 4) is 0 Å². The lowest BCUT2D eigenvalue weighted by molar-refractivity contribution is -0.107. The van der Waals surface area contributed by atoms with Crippen molar-refractivity contribution in [3.05, 3.63) is 35.9 Å². The molecule has 102 valence electrons. The van der Waals surface area contributed by atoms with Gasteiger partial charge in [0.25, 0.3) is 0 Å². The summed E-state index contributed by atoms with van der Waals surface area (Å²) in [6.07, 6.45) is 3.63. The maximum atomic E-state index is 10.00. The van der Waals surface area contributed by atoms with E-state index in [2.05, 4.69) is 17.4 Å². The van der Waals surface area contributed by atoms with Gasteiger partial charge in [0.05, 0.1) is 19.3 Å². The van der Waals surface area contributed by atoms with Gasteiger partial charge in [-0.15, -0.1) is 0 Å². The van der Waals surface area contributed by atoms with Crippen LogP contribution >= 0.6 is 0 Å². The van der Waals surface area contributed by atoms with Crippen LogP contribution in [-0.4, -0.2) is 42.8 Å². The zero-order valence-electron chi connectivity index (χ0n) is 10.9. The SMILES string of the molecule is CNC(CO)CO.O=CCCCc1ccccc1. The Morgan fingerprint density at radius 1 is 1.22 bits per heavy atom. The predicted molar refractivity (Wildman–Crippen MR) is 72.5 cm³/mol. The van der Waals surface area contributed by atoms with Crippen molar-refractivity contribution in [2.24, 2.45) is 0 Å². The van der Waals surface area contributed by atoms with Gasteiger partial charge in [0.1, 0.15) is 6.29 Å². The Morgan fingerprint density at radius 3 is 2.22 bits per heavy atom. The van der Waals surface area contributed by atoms with Crippen LogP contribution < -0.4 is 5.32 Å². The third-order valence-electron chi connectivity index (χ3n) is 2.48. The summed E-state index contributed by atoms with van der Waals surface area (Å²) in [5.74, 6) is 0. The van der Waals surface area contributed by atoms with Crippen LogP contribution in [-0.2, 0) is 11.2 Å². The van der Waals surface area contributed by atoms with Crippen LogP contribution in [0.3, 0.4) is 0 Å². The molecule has 0 fully saturated rings. The Kier molecular flexibility index (Phi) is 11.4. The number of carbonyl (C=O) groups is 1. The lowest BCUT2D eigenvalue weighted by Gasteiger charge is -2.06. The molecule has 1 rings (SSSR count). The Morgan fingerprint density at radius 2 is 1.83 bits per heavy atom. The highest BCUT2D eigenvalue weighted by atomic mass is 16.3. The number of aldehydes is 1. The fraction of sp³-hybridized carbons (Fsp3) is 0.500. The second kappa shape index (κ2) is 12.2. The van der Waals surface area contributed by atoms with Crippen molar-refractivity contribution >= 4 is 6.29 Å². The maximum Gasteiger partial charge on any atom is 0.120 e. The third kappa shape index (κ3) is 8.87. The van der Waals surface area contributed by atoms with Gasteiger partial charge >= 0.3 is 0 Å². The van der Waals surface area contributed by atoms with Crippen LogP contribution in [0.15, 0.2) is 30.3 Å². The maximum absolute atomic E-state index is 10.00. The van der Waals surface area contributed by atoms with Crippen molar-refractivity contribution < 1.29 is 15.0 Å². The topological polar surface area (TPSA) is 69.6 Å². The summed E-state index contributed by atoms with van der Waals surface area (Å²) in [4.78, 5) is 10.00. The number of likely N-dealkylation sites (N-methyl/N-ethyl adjacent to an activating group) is 1. The van der Waals surface area contributed by atoms with E-state index < -0.39 is 0 Å². The predicted octanol–water partition coefficient (Wildman–Crippen LogP) is 0.767. The number of rotatable bonds is 7. The largest absolute Gasteiger partial charge is 0.395 e. The van der Waals surface area contributed by atoms with Crippen LogP contribution in [0, 0.1) is 0 Å². The summed E-state index contributed by atoms with van der Waals surface area (Å²) in [6, 6.07) is 10.1. The van der Waals surface area contributed by atoms with Crippen LogP contribution in [0.1, 0.15) is 18.4 Å². The van der Waals surface area contributed by atoms with E-state index in [9.17, 15) is 4.79 Å². The molecule has 4 heteroatoms. The molecule has 0 atom stereocenters. The van der Waals surface area contributed by atoms with E-state index in [0.717, 1.165) is 19.1 Å². The van der Waals surface area contributed by atoms with Crippen LogP contribution in [0.5, 0.6) is 0 Å². The molecule has 0 aliphatic carbocycles. The molecule has 0 spiro atoms. The highest BCUT2D eigenvalue weighted by Gasteiger charge is 1.97. The second-order valence-electron chi connectivity index (χ2n) is 3.90. The minimum atomic E-state index is -0.153. The van der Waals surface area contributed by atoms with Crippen molar-refractivity contribution in [3.63, 3.8) is 0 Å². The summed E-state index contributed by atoms with van der Waals surface area (Å²) in [5, 5.41) is 19.3. The lowest BCUT2D eigenvalue weighted by Crippen LogP contribution is -2.32. The van der Waals surface area contributed by atoms with E-state index in [1.165, 1.54) is 5.56 Å². The van der Waals surface area contributed by atoms with Crippen molar-refractivity contribution in [2.45, 2.75) is 25.3 Å². The molecule has 0 amide bonds. The minimum Gasteiger partial charge on any atom is -0.395 e. The van der Waals surface area contributed by atoms with Crippen molar-refractivity contribution in [1.82, 2.24) is 5.32 Å². The summed E-state index contributed by atoms with van der Waals surface area (Å²) in [6.45, 7) is -0.0139. The molecule has 0 saturated heterocycles. The Balaban J connectivity index is 0.000000360. The van der Waals surface area contributed by atoms with Crippen molar-refractivity contribution in [2.75, 3.05) is 20.3 Å². The zero-order chi connectivity index (χ0) is 13.6. The molecule has 0 saturated carbocycles. The molecule has 1 aromatic carbocycles. The summed E-state index contributed by atoms with van der Waals surface area (Å²) < 4.78 is 0. The number of carbonyl (C=O) groups excluding carboxylic acids is 1. The Hall–Kier alpha value is -1.23. The fourth-order valence-electron chi connectivity index (χ4n) is 1.27. The molecule has 1 aromatic rings. The molecule has 0 aliphatic rings. The number of hydrogen-bond acceptors (Lipinski definition) is 4. The van der Waals surface area contributed by atoms with Gasteiger partial charge in [-0.05, 0) is 25.5 Å². The number of aryl methyl sites for hydroxylation is 1. The van der Waals surface area contributed by atoms with Gasteiger partial charge in [0.15, 0.2) is 0 Å². The molecule has 0 radical (unpaired) electrons. The number of nitrogens with one attached hydrogen (secondary N) is 1. The second-order valence-corrected chi connectivity index (χ2v) is 3.90. The smallest absolute Gasteiger partial charge is 0.120 e. The van der Waals surface area contributed by atoms with E-state index in [1.807, 2.05) is 18.2 Å². The van der Waals surface area contributed by atoms with E-state index in [-0.39, 0.29) is 19.3 Å². The molecule has 0 aromatic heterocycles. The molecule has 4 nitrogen and oxygen atoms in total. The van der Waals surface area contributed by atoms with E-state index in [1.54, 1.807) is 7.05 Å². The standard InChI is InChI=1S/C10H12O.C4H11NO2/c11-9-5-4-8-10-6-2-1-3-7-10;1-5-4(2-6)3-7/h1-3,6-7,9H,4-5,8H2;4-7H,2-3H2,1H3. The summed E-state index contributed by atoms with van der Waals surface area (Å²) >= 11 is 0. The van der Waals surface area contributed by atoms with Crippen molar-refractivity contribution in [1.29, 1.82) is 0 Å². The number of unbranched alkanes of at least 4 members (excludes halogenated alkanes) is 1. The van der Waals surface area contributed by atoms with Crippen LogP contribution in [0.25, 0.3) is 0 Å². The van der Waals surface area contributed by atoms with Gasteiger partial charge < -0.3 is 20.3 Å². The number of aliphatic hydroxyl groups excluding tert-OH is 2. The molecular weight excluding hydrogens is 230 g/mol. The van der Waals surface area contributed by atoms with Crippen LogP contribution in [0.2, 0.25) is 0 Å². The fourth-order valence-corrected chi connectivity index (χ4v) is 1.27. The monoisotopic (exact) mass is 253 g/mol. The zero-order valence-corrected chi connectivity index (χ0v) is 10.9. The summed E-state index contributed by atoms with van der Waals surface area (Å²) in [5.41, 5.74) is 1.31. The van der Waals surface area contributed by atoms with Gasteiger partial charge in [-0.25, -0.2) is 0 Å². The first-order valence-corrected chi connectivity index (χ1v) is 6.15. The highest BCUT2D eigenvalue weighted by molar-refractivity contribution is 5.49. The molecule has 0 bridgehead atoms. The van der Waals surface area contributed by atoms with Gasteiger partial charge in [-0.1, -0.05) is 30.3 Å². The molecule has 18 heavy (non-hydrogen) atoms. The Bertz CT molecular complexity index is 281. The molecule has 0 aliphatic heterocycles. The number of benzene rings is 1. The third-order valence-corrected chi connectivity index (χ3v) is 2.48. The lowest BCUT2D eigenvalue weighted by atomic mass is 10.1. The van der Waals surface area contributed by atoms with E-state index in [4.69, 9.17) is 10.2 Å². The minimum absolute atomic E-state index is 0.00694. The van der Waals surface area contributed by atoms with Gasteiger partial charge in [0.2, 0.25) is 0 Å². The average Bonchev–Trinajstić information content (AvgIpc) is 2.43. The first-order valence-electron chi connectivity index (χ1n) is 6.15. The molecular formula is C14H23NO3.